The summed E-state index contributed by atoms with van der Waals surface area (Å²) in [5, 5.41) is 7.35. The van der Waals surface area contributed by atoms with Crippen molar-refractivity contribution < 1.29 is 0 Å². The summed E-state index contributed by atoms with van der Waals surface area (Å²) >= 11 is 0. The Labute approximate surface area is 180 Å². The fourth-order valence-corrected chi connectivity index (χ4v) is 4.38. The van der Waals surface area contributed by atoms with Gasteiger partial charge in [-0.1, -0.05) is 0 Å². The molecular weight excluding hydrogens is 392 g/mol. The fourth-order valence-electron chi connectivity index (χ4n) is 4.38. The molecule has 0 spiro atoms. The van der Waals surface area contributed by atoms with Crippen LogP contribution in [0.5, 0.6) is 0 Å². The minimum absolute atomic E-state index is 0.185. The number of pyridine rings is 2. The number of aromatic nitrogens is 4. The van der Waals surface area contributed by atoms with Gasteiger partial charge in [0.1, 0.15) is 11.5 Å². The molecule has 0 radical (unpaired) electrons. The third-order valence-corrected chi connectivity index (χ3v) is 6.17. The Morgan fingerprint density at radius 3 is 2.61 bits per heavy atom. The van der Waals surface area contributed by atoms with E-state index in [0.29, 0.717) is 17.4 Å². The number of fused-ring (bicyclic) bond motifs is 1. The summed E-state index contributed by atoms with van der Waals surface area (Å²) in [4.78, 5) is 32.4. The summed E-state index contributed by atoms with van der Waals surface area (Å²) in [6, 6.07) is 7.20. The molecule has 3 aromatic heterocycles. The van der Waals surface area contributed by atoms with E-state index in [9.17, 15) is 4.79 Å². The Morgan fingerprint density at radius 1 is 1.00 bits per heavy atom. The number of piperidine rings is 1. The molecule has 5 rings (SSSR count). The van der Waals surface area contributed by atoms with Gasteiger partial charge < -0.3 is 20.5 Å². The number of hydrogen-bond donors (Lipinski definition) is 3. The van der Waals surface area contributed by atoms with E-state index >= 15 is 0 Å². The first kappa shape index (κ1) is 19.9. The fraction of sp³-hybridized carbons (Fsp3) is 0.455. The van der Waals surface area contributed by atoms with Crippen LogP contribution in [-0.2, 0) is 0 Å². The molecule has 5 heterocycles. The zero-order valence-electron chi connectivity index (χ0n) is 17.5. The van der Waals surface area contributed by atoms with Crippen LogP contribution in [0.1, 0.15) is 12.8 Å². The second-order valence-electron chi connectivity index (χ2n) is 8.33. The molecule has 3 N–H and O–H groups in total. The maximum absolute atomic E-state index is 11.5. The molecule has 0 aromatic carbocycles. The van der Waals surface area contributed by atoms with Crippen molar-refractivity contribution in [2.24, 2.45) is 5.92 Å². The molecule has 0 atom stereocenters. The first-order valence-electron chi connectivity index (χ1n) is 11.0. The topological polar surface area (TPSA) is 102 Å². The van der Waals surface area contributed by atoms with Gasteiger partial charge in [0.2, 0.25) is 11.5 Å². The van der Waals surface area contributed by atoms with Crippen LogP contribution in [0.15, 0.2) is 41.5 Å². The molecule has 3 aromatic rings. The van der Waals surface area contributed by atoms with Crippen LogP contribution >= 0.6 is 0 Å². The number of H-pyrrole nitrogens is 1. The Hall–Kier alpha value is -3.04. The van der Waals surface area contributed by atoms with E-state index in [1.54, 1.807) is 12.3 Å². The van der Waals surface area contributed by atoms with Crippen molar-refractivity contribution in [3.63, 3.8) is 0 Å². The van der Waals surface area contributed by atoms with Crippen molar-refractivity contribution in [1.29, 1.82) is 0 Å². The highest BCUT2D eigenvalue weighted by Crippen LogP contribution is 2.20. The lowest BCUT2D eigenvalue weighted by atomic mass is 9.97. The summed E-state index contributed by atoms with van der Waals surface area (Å²) in [5.74, 6) is 1.92. The first-order valence-corrected chi connectivity index (χ1v) is 11.0. The molecular formula is C22H28N8O. The van der Waals surface area contributed by atoms with E-state index < -0.39 is 0 Å². The second kappa shape index (κ2) is 8.99. The van der Waals surface area contributed by atoms with Crippen molar-refractivity contribution in [1.82, 2.24) is 30.2 Å². The van der Waals surface area contributed by atoms with Gasteiger partial charge in [-0.25, -0.2) is 9.97 Å². The van der Waals surface area contributed by atoms with Crippen molar-refractivity contribution in [2.45, 2.75) is 12.8 Å². The zero-order chi connectivity index (χ0) is 21.0. The highest BCUT2D eigenvalue weighted by Gasteiger charge is 2.21. The molecule has 0 bridgehead atoms. The number of nitrogens with zero attached hydrogens (tertiary/aromatic N) is 5. The Bertz CT molecular complexity index is 1070. The van der Waals surface area contributed by atoms with E-state index in [4.69, 9.17) is 0 Å². The molecule has 0 unspecified atom stereocenters. The lowest BCUT2D eigenvalue weighted by Crippen LogP contribution is -2.48. The minimum Gasteiger partial charge on any atom is -0.368 e. The zero-order valence-corrected chi connectivity index (χ0v) is 17.5. The first-order chi connectivity index (χ1) is 15.2. The molecule has 2 aliphatic rings. The monoisotopic (exact) mass is 420 g/mol. The van der Waals surface area contributed by atoms with Gasteiger partial charge in [-0.15, -0.1) is 0 Å². The lowest BCUT2D eigenvalue weighted by molar-refractivity contribution is 0.196. The predicted octanol–water partition coefficient (Wildman–Crippen LogP) is 1.58. The van der Waals surface area contributed by atoms with Crippen molar-refractivity contribution in [3.8, 4) is 0 Å². The number of nitrogens with one attached hydrogen (secondary N) is 3. The second-order valence-corrected chi connectivity index (χ2v) is 8.33. The third-order valence-electron chi connectivity index (χ3n) is 6.17. The predicted molar refractivity (Wildman–Crippen MR) is 122 cm³/mol. The van der Waals surface area contributed by atoms with E-state index in [1.165, 1.54) is 38.5 Å². The van der Waals surface area contributed by atoms with Crippen LogP contribution in [0, 0.1) is 5.92 Å². The standard InChI is InChI=1S/C22H28N8O/c31-20-4-1-17-13-25-22(28-21(17)27-20)26-19-3-2-18(14-24-19)30-11-9-29(10-12-30)15-16-5-7-23-8-6-16/h1-4,13-14,16,23H,5-12,15H2,(H2,24,25,26,27,28,31). The number of anilines is 3. The van der Waals surface area contributed by atoms with Gasteiger partial charge in [0.15, 0.2) is 0 Å². The van der Waals surface area contributed by atoms with Crippen LogP contribution in [0.4, 0.5) is 17.5 Å². The Kier molecular flexibility index (Phi) is 5.77. The van der Waals surface area contributed by atoms with E-state index in [1.807, 2.05) is 12.3 Å². The van der Waals surface area contributed by atoms with Gasteiger partial charge in [0.25, 0.3) is 0 Å². The maximum Gasteiger partial charge on any atom is 0.249 e. The minimum atomic E-state index is -0.185. The molecule has 9 nitrogen and oxygen atoms in total. The highest BCUT2D eigenvalue weighted by molar-refractivity contribution is 5.74. The van der Waals surface area contributed by atoms with Crippen LogP contribution in [0.2, 0.25) is 0 Å². The molecule has 162 valence electrons. The van der Waals surface area contributed by atoms with E-state index in [2.05, 4.69) is 46.4 Å². The van der Waals surface area contributed by atoms with Crippen LogP contribution in [0.3, 0.4) is 0 Å². The van der Waals surface area contributed by atoms with Gasteiger partial charge in [-0.3, -0.25) is 9.69 Å². The number of aromatic amines is 1. The van der Waals surface area contributed by atoms with Crippen molar-refractivity contribution >= 4 is 28.5 Å². The van der Waals surface area contributed by atoms with Crippen LogP contribution < -0.4 is 21.1 Å². The van der Waals surface area contributed by atoms with E-state index in [-0.39, 0.29) is 5.56 Å². The Morgan fingerprint density at radius 2 is 1.84 bits per heavy atom. The van der Waals surface area contributed by atoms with Crippen molar-refractivity contribution in [3.05, 3.63) is 47.0 Å². The van der Waals surface area contributed by atoms with Crippen molar-refractivity contribution in [2.75, 3.05) is 56.0 Å². The summed E-state index contributed by atoms with van der Waals surface area (Å²) < 4.78 is 0. The molecule has 0 saturated carbocycles. The summed E-state index contributed by atoms with van der Waals surface area (Å²) in [5.41, 5.74) is 1.45. The molecule has 0 aliphatic carbocycles. The smallest absolute Gasteiger partial charge is 0.249 e. The number of hydrogen-bond acceptors (Lipinski definition) is 8. The molecule has 2 saturated heterocycles. The van der Waals surface area contributed by atoms with Crippen LogP contribution in [0.25, 0.3) is 11.0 Å². The van der Waals surface area contributed by atoms with E-state index in [0.717, 1.165) is 43.2 Å². The normalized spacial score (nSPS) is 18.4. The van der Waals surface area contributed by atoms with Gasteiger partial charge >= 0.3 is 0 Å². The quantitative estimate of drug-likeness (QED) is 0.572. The molecule has 0 amide bonds. The van der Waals surface area contributed by atoms with Gasteiger partial charge in [-0.2, -0.15) is 4.98 Å². The number of piperazine rings is 1. The molecule has 9 heteroatoms. The molecule has 2 aliphatic heterocycles. The SMILES string of the molecule is O=c1ccc2cnc(Nc3ccc(N4CCN(CC5CCNCC5)CC4)cn3)nc2[nH]1. The summed E-state index contributed by atoms with van der Waals surface area (Å²) in [7, 11) is 0. The average molecular weight is 421 g/mol. The summed E-state index contributed by atoms with van der Waals surface area (Å²) in [6.45, 7) is 7.83. The Balaban J connectivity index is 1.17. The number of rotatable bonds is 5. The molecule has 2 fully saturated rings. The highest BCUT2D eigenvalue weighted by atomic mass is 16.1. The lowest BCUT2D eigenvalue weighted by Gasteiger charge is -2.38. The van der Waals surface area contributed by atoms with Gasteiger partial charge in [-0.05, 0) is 50.0 Å². The average Bonchev–Trinajstić information content (AvgIpc) is 2.81. The third kappa shape index (κ3) is 4.83. The van der Waals surface area contributed by atoms with Gasteiger partial charge in [0.05, 0.1) is 11.9 Å². The maximum atomic E-state index is 11.5. The van der Waals surface area contributed by atoms with Gasteiger partial charge in [0, 0.05) is 50.4 Å². The summed E-state index contributed by atoms with van der Waals surface area (Å²) in [6.07, 6.45) is 6.18. The largest absolute Gasteiger partial charge is 0.368 e. The van der Waals surface area contributed by atoms with Crippen LogP contribution in [-0.4, -0.2) is 70.6 Å². The molecule has 31 heavy (non-hydrogen) atoms.